The first-order valence-electron chi connectivity index (χ1n) is 10.6. The van der Waals surface area contributed by atoms with Crippen LogP contribution in [0, 0.1) is 0 Å². The Bertz CT molecular complexity index is 723. The van der Waals surface area contributed by atoms with Gasteiger partial charge in [-0.3, -0.25) is 9.89 Å². The maximum Gasteiger partial charge on any atom is 0.225 e. The minimum Gasteiger partial charge on any atom is -0.467 e. The SMILES string of the molecule is CN=C(NCCCOCc1ccco1)NCCCN1CCN(c2ncccn2)CC1.I. The molecule has 1 saturated heterocycles. The molecule has 10 heteroatoms. The fourth-order valence-electron chi connectivity index (χ4n) is 3.30. The molecule has 0 bridgehead atoms. The van der Waals surface area contributed by atoms with Gasteiger partial charge in [-0.05, 0) is 37.6 Å². The molecule has 0 atom stereocenters. The fourth-order valence-corrected chi connectivity index (χ4v) is 3.30. The molecule has 3 rings (SSSR count). The molecule has 1 aliphatic heterocycles. The number of guanidine groups is 1. The highest BCUT2D eigenvalue weighted by Crippen LogP contribution is 2.09. The van der Waals surface area contributed by atoms with Crippen LogP contribution in [-0.2, 0) is 11.3 Å². The number of halogens is 1. The lowest BCUT2D eigenvalue weighted by atomic mass is 10.3. The normalized spacial score (nSPS) is 14.9. The molecule has 0 aromatic carbocycles. The molecule has 2 aromatic heterocycles. The third-order valence-electron chi connectivity index (χ3n) is 4.96. The molecular formula is C21H34IN7O2. The molecule has 31 heavy (non-hydrogen) atoms. The smallest absolute Gasteiger partial charge is 0.225 e. The van der Waals surface area contributed by atoms with Crippen molar-refractivity contribution in [1.82, 2.24) is 25.5 Å². The second kappa shape index (κ2) is 15.0. The van der Waals surface area contributed by atoms with E-state index in [1.165, 1.54) is 0 Å². The highest BCUT2D eigenvalue weighted by atomic mass is 127. The Kier molecular flexibility index (Phi) is 12.2. The summed E-state index contributed by atoms with van der Waals surface area (Å²) in [4.78, 5) is 17.7. The van der Waals surface area contributed by atoms with Crippen LogP contribution < -0.4 is 15.5 Å². The number of aliphatic imine (C=N–C) groups is 1. The molecule has 1 fully saturated rings. The van der Waals surface area contributed by atoms with Crippen molar-refractivity contribution in [3.63, 3.8) is 0 Å². The Morgan fingerprint density at radius 1 is 1.10 bits per heavy atom. The van der Waals surface area contributed by atoms with Gasteiger partial charge in [-0.25, -0.2) is 9.97 Å². The maximum atomic E-state index is 5.58. The summed E-state index contributed by atoms with van der Waals surface area (Å²) in [6.07, 6.45) is 7.26. The number of hydrogen-bond acceptors (Lipinski definition) is 7. The van der Waals surface area contributed by atoms with Crippen LogP contribution in [0.1, 0.15) is 18.6 Å². The van der Waals surface area contributed by atoms with Crippen LogP contribution in [0.15, 0.2) is 46.3 Å². The van der Waals surface area contributed by atoms with Gasteiger partial charge in [-0.2, -0.15) is 0 Å². The molecule has 1 aliphatic rings. The van der Waals surface area contributed by atoms with Gasteiger partial charge in [0.15, 0.2) is 5.96 Å². The van der Waals surface area contributed by atoms with Crippen LogP contribution in [-0.4, -0.2) is 80.3 Å². The van der Waals surface area contributed by atoms with Gasteiger partial charge in [0, 0.05) is 65.3 Å². The molecule has 9 nitrogen and oxygen atoms in total. The molecule has 0 unspecified atom stereocenters. The van der Waals surface area contributed by atoms with Crippen molar-refractivity contribution >= 4 is 35.9 Å². The highest BCUT2D eigenvalue weighted by Gasteiger charge is 2.18. The molecule has 0 saturated carbocycles. The van der Waals surface area contributed by atoms with Crippen LogP contribution in [0.2, 0.25) is 0 Å². The quantitative estimate of drug-likeness (QED) is 0.193. The molecule has 3 heterocycles. The standard InChI is InChI=1S/C21H33N7O2.HI/c1-22-20(24-10-5-16-29-18-19-6-2-17-30-19)23-9-4-11-27-12-14-28(15-13-27)21-25-7-3-8-26-21;/h2-3,6-8,17H,4-5,9-16,18H2,1H3,(H2,22,23,24);1H. The molecule has 2 N–H and O–H groups in total. The summed E-state index contributed by atoms with van der Waals surface area (Å²) in [6, 6.07) is 5.64. The molecule has 2 aromatic rings. The van der Waals surface area contributed by atoms with E-state index in [0.717, 1.165) is 76.3 Å². The Morgan fingerprint density at radius 2 is 1.84 bits per heavy atom. The predicted octanol–water partition coefficient (Wildman–Crippen LogP) is 1.97. The largest absolute Gasteiger partial charge is 0.467 e. The number of aromatic nitrogens is 2. The Labute approximate surface area is 201 Å². The van der Waals surface area contributed by atoms with Crippen molar-refractivity contribution in [2.45, 2.75) is 19.4 Å². The van der Waals surface area contributed by atoms with E-state index < -0.39 is 0 Å². The van der Waals surface area contributed by atoms with Gasteiger partial charge >= 0.3 is 0 Å². The summed E-state index contributed by atoms with van der Waals surface area (Å²) < 4.78 is 10.8. The maximum absolute atomic E-state index is 5.58. The van der Waals surface area contributed by atoms with E-state index >= 15 is 0 Å². The van der Waals surface area contributed by atoms with E-state index in [1.54, 1.807) is 25.7 Å². The van der Waals surface area contributed by atoms with Gasteiger partial charge in [-0.1, -0.05) is 0 Å². The molecule has 0 amide bonds. The zero-order chi connectivity index (χ0) is 20.9. The summed E-state index contributed by atoms with van der Waals surface area (Å²) >= 11 is 0. The van der Waals surface area contributed by atoms with Gasteiger partial charge in [0.05, 0.1) is 6.26 Å². The Morgan fingerprint density at radius 3 is 2.52 bits per heavy atom. The van der Waals surface area contributed by atoms with Crippen molar-refractivity contribution in [3.05, 3.63) is 42.6 Å². The van der Waals surface area contributed by atoms with Gasteiger partial charge in [0.2, 0.25) is 5.95 Å². The molecule has 0 radical (unpaired) electrons. The summed E-state index contributed by atoms with van der Waals surface area (Å²) in [5.74, 6) is 2.53. The third-order valence-corrected chi connectivity index (χ3v) is 4.96. The topological polar surface area (TPSA) is 91.1 Å². The summed E-state index contributed by atoms with van der Waals surface area (Å²) in [7, 11) is 1.80. The first-order valence-corrected chi connectivity index (χ1v) is 10.6. The molecule has 172 valence electrons. The summed E-state index contributed by atoms with van der Waals surface area (Å²) in [5.41, 5.74) is 0. The van der Waals surface area contributed by atoms with Crippen molar-refractivity contribution < 1.29 is 9.15 Å². The average molecular weight is 543 g/mol. The number of anilines is 1. The van der Waals surface area contributed by atoms with Crippen molar-refractivity contribution in [2.75, 3.05) is 64.4 Å². The van der Waals surface area contributed by atoms with E-state index in [-0.39, 0.29) is 24.0 Å². The zero-order valence-corrected chi connectivity index (χ0v) is 20.5. The summed E-state index contributed by atoms with van der Waals surface area (Å²) in [5, 5.41) is 6.71. The number of furan rings is 1. The monoisotopic (exact) mass is 543 g/mol. The zero-order valence-electron chi connectivity index (χ0n) is 18.2. The Balaban J connectivity index is 0.00000341. The van der Waals surface area contributed by atoms with Gasteiger partial charge in [0.1, 0.15) is 12.4 Å². The van der Waals surface area contributed by atoms with E-state index in [4.69, 9.17) is 9.15 Å². The lowest BCUT2D eigenvalue weighted by molar-refractivity contribution is 0.105. The van der Waals surface area contributed by atoms with Crippen molar-refractivity contribution in [3.8, 4) is 0 Å². The van der Waals surface area contributed by atoms with E-state index in [1.807, 2.05) is 18.2 Å². The number of nitrogens with one attached hydrogen (secondary N) is 2. The van der Waals surface area contributed by atoms with Gasteiger partial charge in [0.25, 0.3) is 0 Å². The van der Waals surface area contributed by atoms with Crippen molar-refractivity contribution in [2.24, 2.45) is 4.99 Å². The first-order chi connectivity index (χ1) is 14.8. The van der Waals surface area contributed by atoms with Crippen LogP contribution in [0.5, 0.6) is 0 Å². The van der Waals surface area contributed by atoms with E-state index in [9.17, 15) is 0 Å². The minimum absolute atomic E-state index is 0. The van der Waals surface area contributed by atoms with E-state index in [0.29, 0.717) is 13.2 Å². The average Bonchev–Trinajstić information content (AvgIpc) is 3.32. The minimum atomic E-state index is 0. The molecular weight excluding hydrogens is 509 g/mol. The first kappa shape index (κ1) is 25.3. The number of ether oxygens (including phenoxy) is 1. The fraction of sp³-hybridized carbons (Fsp3) is 0.571. The number of hydrogen-bond donors (Lipinski definition) is 2. The van der Waals surface area contributed by atoms with Crippen LogP contribution in [0.25, 0.3) is 0 Å². The van der Waals surface area contributed by atoms with Crippen LogP contribution in [0.3, 0.4) is 0 Å². The second-order valence-corrected chi connectivity index (χ2v) is 7.14. The van der Waals surface area contributed by atoms with E-state index in [2.05, 4.69) is 35.4 Å². The van der Waals surface area contributed by atoms with Crippen LogP contribution in [0.4, 0.5) is 5.95 Å². The number of piperazine rings is 1. The second-order valence-electron chi connectivity index (χ2n) is 7.14. The lowest BCUT2D eigenvalue weighted by Crippen LogP contribution is -2.47. The Hall–Kier alpha value is -1.92. The predicted molar refractivity (Wildman–Crippen MR) is 133 cm³/mol. The van der Waals surface area contributed by atoms with Gasteiger partial charge < -0.3 is 24.7 Å². The number of nitrogens with zero attached hydrogens (tertiary/aromatic N) is 5. The molecule has 0 spiro atoms. The van der Waals surface area contributed by atoms with Gasteiger partial charge in [-0.15, -0.1) is 24.0 Å². The highest BCUT2D eigenvalue weighted by molar-refractivity contribution is 14.0. The lowest BCUT2D eigenvalue weighted by Gasteiger charge is -2.34. The number of rotatable bonds is 11. The third kappa shape index (κ3) is 9.40. The van der Waals surface area contributed by atoms with Crippen molar-refractivity contribution in [1.29, 1.82) is 0 Å². The molecule has 0 aliphatic carbocycles. The summed E-state index contributed by atoms with van der Waals surface area (Å²) in [6.45, 7) is 8.04. The van der Waals surface area contributed by atoms with Crippen LogP contribution >= 0.6 is 24.0 Å².